The minimum atomic E-state index is -1.25. The number of amides is 3. The highest BCUT2D eigenvalue weighted by atomic mass is 16.4. The summed E-state index contributed by atoms with van der Waals surface area (Å²) in [5, 5.41) is 19.6. The highest BCUT2D eigenvalue weighted by Gasteiger charge is 2.22. The lowest BCUT2D eigenvalue weighted by molar-refractivity contribution is -0.139. The summed E-state index contributed by atoms with van der Waals surface area (Å²) in [5.41, 5.74) is 4.94. The predicted octanol–water partition coefficient (Wildman–Crippen LogP) is -1.66. The van der Waals surface area contributed by atoms with Crippen LogP contribution in [0.4, 0.5) is 4.79 Å². The molecule has 0 saturated carbocycles. The molecule has 0 aromatic rings. The molecule has 0 aliphatic heterocycles. The van der Waals surface area contributed by atoms with Gasteiger partial charge in [0.25, 0.3) is 0 Å². The lowest BCUT2D eigenvalue weighted by Gasteiger charge is -2.22. The van der Waals surface area contributed by atoms with Gasteiger partial charge in [0, 0.05) is 19.6 Å². The van der Waals surface area contributed by atoms with Crippen molar-refractivity contribution < 1.29 is 24.6 Å². The Morgan fingerprint density at radius 1 is 1.41 bits per heavy atom. The van der Waals surface area contributed by atoms with Crippen molar-refractivity contribution in [3.05, 3.63) is 0 Å². The number of hydrogen-bond acceptors (Lipinski definition) is 4. The van der Waals surface area contributed by atoms with Gasteiger partial charge >= 0.3 is 12.0 Å². The average molecular weight is 247 g/mol. The standard InChI is InChI=1S/C9H17N3O5/c1-2-12(5-7(10)14)9(17)11-6(3-4-13)8(15)16/h6,13H,2-5H2,1H3,(H2,10,14)(H,11,17)(H,15,16)/t6-/m1/s1. The van der Waals surface area contributed by atoms with Crippen molar-refractivity contribution in [2.45, 2.75) is 19.4 Å². The van der Waals surface area contributed by atoms with Crippen LogP contribution in [-0.2, 0) is 9.59 Å². The maximum Gasteiger partial charge on any atom is 0.326 e. The second-order valence-corrected chi connectivity index (χ2v) is 3.33. The van der Waals surface area contributed by atoms with Gasteiger partial charge < -0.3 is 26.2 Å². The SMILES string of the molecule is CCN(CC(N)=O)C(=O)N[C@H](CCO)C(=O)O. The van der Waals surface area contributed by atoms with Crippen molar-refractivity contribution in [3.8, 4) is 0 Å². The maximum atomic E-state index is 11.6. The molecule has 0 spiro atoms. The third-order valence-electron chi connectivity index (χ3n) is 2.03. The summed E-state index contributed by atoms with van der Waals surface area (Å²) in [6.45, 7) is 1.21. The van der Waals surface area contributed by atoms with E-state index in [2.05, 4.69) is 5.32 Å². The van der Waals surface area contributed by atoms with E-state index in [4.69, 9.17) is 15.9 Å². The minimum Gasteiger partial charge on any atom is -0.480 e. The average Bonchev–Trinajstić information content (AvgIpc) is 2.24. The number of urea groups is 1. The Bertz CT molecular complexity index is 294. The van der Waals surface area contributed by atoms with Gasteiger partial charge in [-0.25, -0.2) is 9.59 Å². The molecule has 0 aromatic carbocycles. The Labute approximate surface area is 98.4 Å². The second kappa shape index (κ2) is 7.44. The smallest absolute Gasteiger partial charge is 0.326 e. The van der Waals surface area contributed by atoms with Crippen molar-refractivity contribution in [2.24, 2.45) is 5.73 Å². The predicted molar refractivity (Wildman–Crippen MR) is 58.1 cm³/mol. The molecule has 0 saturated heterocycles. The van der Waals surface area contributed by atoms with E-state index in [9.17, 15) is 14.4 Å². The maximum absolute atomic E-state index is 11.6. The van der Waals surface area contributed by atoms with Gasteiger partial charge in [0.05, 0.1) is 0 Å². The molecule has 8 nitrogen and oxygen atoms in total. The van der Waals surface area contributed by atoms with E-state index in [1.807, 2.05) is 0 Å². The van der Waals surface area contributed by atoms with Crippen LogP contribution >= 0.6 is 0 Å². The molecule has 0 heterocycles. The number of aliphatic carboxylic acids is 1. The van der Waals surface area contributed by atoms with E-state index in [1.54, 1.807) is 6.92 Å². The summed E-state index contributed by atoms with van der Waals surface area (Å²) in [6, 6.07) is -1.89. The fourth-order valence-corrected chi connectivity index (χ4v) is 1.14. The van der Waals surface area contributed by atoms with Crippen molar-refractivity contribution in [3.63, 3.8) is 0 Å². The van der Waals surface area contributed by atoms with Crippen LogP contribution in [0.3, 0.4) is 0 Å². The molecule has 1 atom stereocenters. The highest BCUT2D eigenvalue weighted by molar-refractivity contribution is 5.86. The molecular formula is C9H17N3O5. The quantitative estimate of drug-likeness (QED) is 0.427. The molecule has 17 heavy (non-hydrogen) atoms. The number of carbonyl (C=O) groups is 3. The number of nitrogens with zero attached hydrogens (tertiary/aromatic N) is 1. The number of nitrogens with two attached hydrogens (primary N) is 1. The van der Waals surface area contributed by atoms with Gasteiger partial charge in [0.15, 0.2) is 0 Å². The summed E-state index contributed by atoms with van der Waals surface area (Å²) in [5.74, 6) is -1.93. The van der Waals surface area contributed by atoms with E-state index in [0.717, 1.165) is 4.90 Å². The zero-order valence-corrected chi connectivity index (χ0v) is 9.55. The largest absolute Gasteiger partial charge is 0.480 e. The number of hydrogen-bond donors (Lipinski definition) is 4. The first-order chi connectivity index (χ1) is 7.92. The van der Waals surface area contributed by atoms with Crippen LogP contribution in [0.15, 0.2) is 0 Å². The fraction of sp³-hybridized carbons (Fsp3) is 0.667. The lowest BCUT2D eigenvalue weighted by atomic mass is 10.2. The Morgan fingerprint density at radius 2 is 2.00 bits per heavy atom. The van der Waals surface area contributed by atoms with Gasteiger partial charge in [-0.05, 0) is 6.92 Å². The molecule has 5 N–H and O–H groups in total. The normalized spacial score (nSPS) is 11.6. The number of carboxylic acid groups (broad SMARTS) is 1. The number of primary amides is 1. The Balaban J connectivity index is 4.45. The molecule has 0 bridgehead atoms. The van der Waals surface area contributed by atoms with Gasteiger partial charge in [-0.1, -0.05) is 0 Å². The molecule has 3 amide bonds. The molecule has 0 unspecified atom stereocenters. The number of aliphatic hydroxyl groups is 1. The van der Waals surface area contributed by atoms with Crippen LogP contribution in [0.5, 0.6) is 0 Å². The number of nitrogens with one attached hydrogen (secondary N) is 1. The van der Waals surface area contributed by atoms with Crippen molar-refractivity contribution in [1.29, 1.82) is 0 Å². The van der Waals surface area contributed by atoms with E-state index in [-0.39, 0.29) is 26.1 Å². The highest BCUT2D eigenvalue weighted by Crippen LogP contribution is 1.95. The monoisotopic (exact) mass is 247 g/mol. The molecule has 0 radical (unpaired) electrons. The summed E-state index contributed by atoms with van der Waals surface area (Å²) in [6.07, 6.45) is -0.102. The molecule has 98 valence electrons. The number of likely N-dealkylation sites (N-methyl/N-ethyl adjacent to an activating group) is 1. The molecule has 0 rings (SSSR count). The topological polar surface area (TPSA) is 133 Å². The molecule has 8 heteroatoms. The van der Waals surface area contributed by atoms with Crippen LogP contribution in [0.1, 0.15) is 13.3 Å². The molecule has 0 fully saturated rings. The number of aliphatic hydroxyl groups excluding tert-OH is 1. The zero-order chi connectivity index (χ0) is 13.4. The first-order valence-corrected chi connectivity index (χ1v) is 5.09. The van der Waals surface area contributed by atoms with E-state index in [1.165, 1.54) is 0 Å². The summed E-state index contributed by atoms with van der Waals surface area (Å²) in [4.78, 5) is 34.0. The third-order valence-corrected chi connectivity index (χ3v) is 2.03. The first-order valence-electron chi connectivity index (χ1n) is 5.09. The Kier molecular flexibility index (Phi) is 6.64. The van der Waals surface area contributed by atoms with Gasteiger partial charge in [-0.3, -0.25) is 4.79 Å². The van der Waals surface area contributed by atoms with Crippen molar-refractivity contribution in [2.75, 3.05) is 19.7 Å². The lowest BCUT2D eigenvalue weighted by Crippen LogP contribution is -2.50. The minimum absolute atomic E-state index is 0.102. The first kappa shape index (κ1) is 15.2. The van der Waals surface area contributed by atoms with E-state index < -0.39 is 23.9 Å². The zero-order valence-electron chi connectivity index (χ0n) is 9.55. The Hall–Kier alpha value is -1.83. The van der Waals surface area contributed by atoms with Gasteiger partial charge in [0.1, 0.15) is 12.6 Å². The Morgan fingerprint density at radius 3 is 2.35 bits per heavy atom. The fourth-order valence-electron chi connectivity index (χ4n) is 1.14. The van der Waals surface area contributed by atoms with Crippen LogP contribution in [0.25, 0.3) is 0 Å². The molecule has 0 aliphatic rings. The summed E-state index contributed by atoms with van der Waals surface area (Å²) in [7, 11) is 0. The van der Waals surface area contributed by atoms with Gasteiger partial charge in [-0.15, -0.1) is 0 Å². The van der Waals surface area contributed by atoms with E-state index >= 15 is 0 Å². The molecular weight excluding hydrogens is 230 g/mol. The number of carboxylic acids is 1. The molecule has 0 aliphatic carbocycles. The second-order valence-electron chi connectivity index (χ2n) is 3.33. The van der Waals surface area contributed by atoms with Crippen molar-refractivity contribution >= 4 is 17.9 Å². The van der Waals surface area contributed by atoms with Gasteiger partial charge in [0.2, 0.25) is 5.91 Å². The number of rotatable bonds is 7. The summed E-state index contributed by atoms with van der Waals surface area (Å²) >= 11 is 0. The van der Waals surface area contributed by atoms with Crippen LogP contribution in [-0.4, -0.2) is 58.8 Å². The van der Waals surface area contributed by atoms with Crippen LogP contribution in [0.2, 0.25) is 0 Å². The third kappa shape index (κ3) is 5.71. The number of carbonyl (C=O) groups excluding carboxylic acids is 2. The van der Waals surface area contributed by atoms with Crippen LogP contribution in [0, 0.1) is 0 Å². The summed E-state index contributed by atoms with van der Waals surface area (Å²) < 4.78 is 0. The van der Waals surface area contributed by atoms with Crippen LogP contribution < -0.4 is 11.1 Å². The van der Waals surface area contributed by atoms with E-state index in [0.29, 0.717) is 0 Å². The van der Waals surface area contributed by atoms with Crippen molar-refractivity contribution in [1.82, 2.24) is 10.2 Å². The van der Waals surface area contributed by atoms with Gasteiger partial charge in [-0.2, -0.15) is 0 Å². The molecule has 0 aromatic heterocycles.